The van der Waals surface area contributed by atoms with E-state index in [4.69, 9.17) is 11.6 Å². The zero-order valence-corrected chi connectivity index (χ0v) is 13.7. The van der Waals surface area contributed by atoms with E-state index in [1.165, 1.54) is 0 Å². The average Bonchev–Trinajstić information content (AvgIpc) is 2.78. The molecular weight excluding hydrogens is 310 g/mol. The smallest absolute Gasteiger partial charge is 0.283 e. The van der Waals surface area contributed by atoms with Crippen molar-refractivity contribution in [1.29, 1.82) is 0 Å². The molecule has 0 spiro atoms. The average molecular weight is 326 g/mol. The maximum atomic E-state index is 12.7. The summed E-state index contributed by atoms with van der Waals surface area (Å²) in [5.74, 6) is 0. The normalized spacial score (nSPS) is 11.3. The first-order chi connectivity index (χ1) is 11.1. The molecule has 0 radical (unpaired) electrons. The van der Waals surface area contributed by atoms with Gasteiger partial charge in [-0.05, 0) is 25.1 Å². The predicted molar refractivity (Wildman–Crippen MR) is 94.5 cm³/mol. The first-order valence-corrected chi connectivity index (χ1v) is 7.60. The molecule has 5 heteroatoms. The molecule has 116 valence electrons. The number of halogens is 1. The second kappa shape index (κ2) is 6.26. The topological polar surface area (TPSA) is 39.3 Å². The van der Waals surface area contributed by atoms with Crippen LogP contribution < -0.4 is 5.56 Å². The SMILES string of the molecule is Cc1c(N=Cc2ccccc2Cl)c(=O)n(-c2ccccc2)n1C. The number of benzene rings is 2. The fourth-order valence-electron chi connectivity index (χ4n) is 2.42. The highest BCUT2D eigenvalue weighted by molar-refractivity contribution is 6.33. The van der Waals surface area contributed by atoms with Crippen LogP contribution in [0.1, 0.15) is 11.3 Å². The third-order valence-corrected chi connectivity index (χ3v) is 4.11. The van der Waals surface area contributed by atoms with E-state index in [0.717, 1.165) is 16.9 Å². The molecular formula is C18H16ClN3O. The highest BCUT2D eigenvalue weighted by atomic mass is 35.5. The van der Waals surface area contributed by atoms with Crippen LogP contribution in [0, 0.1) is 6.92 Å². The standard InChI is InChI=1S/C18H16ClN3O/c1-13-17(20-12-14-8-6-7-11-16(14)19)18(23)22(21(13)2)15-9-4-3-5-10-15/h3-12H,1-2H3. The lowest BCUT2D eigenvalue weighted by molar-refractivity contribution is 0.630. The van der Waals surface area contributed by atoms with Crippen molar-refractivity contribution in [2.24, 2.45) is 12.0 Å². The molecule has 0 bridgehead atoms. The molecule has 3 rings (SSSR count). The zero-order chi connectivity index (χ0) is 16.4. The van der Waals surface area contributed by atoms with E-state index in [1.54, 1.807) is 21.6 Å². The van der Waals surface area contributed by atoms with Crippen LogP contribution in [0.25, 0.3) is 5.69 Å². The predicted octanol–water partition coefficient (Wildman–Crippen LogP) is 3.89. The van der Waals surface area contributed by atoms with E-state index in [-0.39, 0.29) is 5.56 Å². The quantitative estimate of drug-likeness (QED) is 0.673. The molecule has 0 unspecified atom stereocenters. The van der Waals surface area contributed by atoms with Gasteiger partial charge in [-0.2, -0.15) is 0 Å². The van der Waals surface area contributed by atoms with Crippen LogP contribution >= 0.6 is 11.6 Å². The lowest BCUT2D eigenvalue weighted by atomic mass is 10.2. The van der Waals surface area contributed by atoms with E-state index < -0.39 is 0 Å². The van der Waals surface area contributed by atoms with E-state index >= 15 is 0 Å². The molecule has 4 nitrogen and oxygen atoms in total. The van der Waals surface area contributed by atoms with Gasteiger partial charge in [0.15, 0.2) is 5.69 Å². The molecule has 1 heterocycles. The van der Waals surface area contributed by atoms with Crippen LogP contribution in [0.2, 0.25) is 5.02 Å². The van der Waals surface area contributed by atoms with E-state index in [2.05, 4.69) is 4.99 Å². The maximum Gasteiger partial charge on any atom is 0.297 e. The van der Waals surface area contributed by atoms with Gasteiger partial charge >= 0.3 is 0 Å². The fourth-order valence-corrected chi connectivity index (χ4v) is 2.60. The van der Waals surface area contributed by atoms with E-state index in [1.807, 2.05) is 62.5 Å². The van der Waals surface area contributed by atoms with Crippen molar-refractivity contribution in [1.82, 2.24) is 9.36 Å². The van der Waals surface area contributed by atoms with Gasteiger partial charge in [0.2, 0.25) is 0 Å². The Morgan fingerprint density at radius 3 is 2.39 bits per heavy atom. The molecule has 1 aromatic heterocycles. The number of para-hydroxylation sites is 1. The largest absolute Gasteiger partial charge is 0.297 e. The molecule has 0 aliphatic carbocycles. The first kappa shape index (κ1) is 15.3. The minimum atomic E-state index is -0.153. The Balaban J connectivity index is 2.09. The van der Waals surface area contributed by atoms with Crippen LogP contribution in [0.15, 0.2) is 64.4 Å². The molecule has 23 heavy (non-hydrogen) atoms. The van der Waals surface area contributed by atoms with Gasteiger partial charge in [0, 0.05) is 23.8 Å². The van der Waals surface area contributed by atoms with Crippen molar-refractivity contribution < 1.29 is 0 Å². The summed E-state index contributed by atoms with van der Waals surface area (Å²) in [5, 5.41) is 0.605. The summed E-state index contributed by atoms with van der Waals surface area (Å²) in [4.78, 5) is 17.1. The summed E-state index contributed by atoms with van der Waals surface area (Å²) >= 11 is 6.12. The molecule has 0 N–H and O–H groups in total. The van der Waals surface area contributed by atoms with Gasteiger partial charge < -0.3 is 0 Å². The Labute approximate surface area is 139 Å². The van der Waals surface area contributed by atoms with Crippen molar-refractivity contribution in [3.63, 3.8) is 0 Å². The molecule has 0 atom stereocenters. The summed E-state index contributed by atoms with van der Waals surface area (Å²) in [6, 6.07) is 16.9. The molecule has 3 aromatic rings. The van der Waals surface area contributed by atoms with Crippen LogP contribution in [0.4, 0.5) is 5.69 Å². The van der Waals surface area contributed by atoms with Crippen LogP contribution in [-0.2, 0) is 7.05 Å². The van der Waals surface area contributed by atoms with Crippen LogP contribution in [0.5, 0.6) is 0 Å². The molecule has 0 aliphatic heterocycles. The number of aromatic nitrogens is 2. The highest BCUT2D eigenvalue weighted by Crippen LogP contribution is 2.18. The lowest BCUT2D eigenvalue weighted by Gasteiger charge is -2.07. The van der Waals surface area contributed by atoms with Crippen LogP contribution in [-0.4, -0.2) is 15.6 Å². The van der Waals surface area contributed by atoms with Gasteiger partial charge in [0.1, 0.15) is 0 Å². The number of hydrogen-bond acceptors (Lipinski definition) is 2. The first-order valence-electron chi connectivity index (χ1n) is 7.22. The Kier molecular flexibility index (Phi) is 4.17. The van der Waals surface area contributed by atoms with E-state index in [9.17, 15) is 4.79 Å². The molecule has 0 saturated carbocycles. The molecule has 0 saturated heterocycles. The molecule has 0 fully saturated rings. The van der Waals surface area contributed by atoms with Gasteiger partial charge in [-0.1, -0.05) is 48.0 Å². The van der Waals surface area contributed by atoms with Gasteiger partial charge in [0.05, 0.1) is 11.4 Å². The summed E-state index contributed by atoms with van der Waals surface area (Å²) in [6.07, 6.45) is 1.63. The Morgan fingerprint density at radius 2 is 1.70 bits per heavy atom. The monoisotopic (exact) mass is 325 g/mol. The van der Waals surface area contributed by atoms with Crippen LogP contribution in [0.3, 0.4) is 0 Å². The van der Waals surface area contributed by atoms with E-state index in [0.29, 0.717) is 10.7 Å². The molecule has 0 amide bonds. The second-order valence-electron chi connectivity index (χ2n) is 5.19. The Morgan fingerprint density at radius 1 is 1.04 bits per heavy atom. The molecule has 0 aliphatic rings. The van der Waals surface area contributed by atoms with Gasteiger partial charge in [-0.25, -0.2) is 9.67 Å². The summed E-state index contributed by atoms with van der Waals surface area (Å²) < 4.78 is 3.41. The van der Waals surface area contributed by atoms with Crippen molar-refractivity contribution in [2.75, 3.05) is 0 Å². The number of hydrogen-bond donors (Lipinski definition) is 0. The third kappa shape index (κ3) is 2.85. The summed E-state index contributed by atoms with van der Waals surface area (Å²) in [7, 11) is 1.85. The molecule has 2 aromatic carbocycles. The Bertz CT molecular complexity index is 923. The summed E-state index contributed by atoms with van der Waals surface area (Å²) in [6.45, 7) is 1.88. The van der Waals surface area contributed by atoms with Crippen molar-refractivity contribution in [3.05, 3.63) is 81.2 Å². The number of aliphatic imine (C=N–C) groups is 1. The third-order valence-electron chi connectivity index (χ3n) is 3.76. The van der Waals surface area contributed by atoms with Crippen molar-refractivity contribution in [2.45, 2.75) is 6.92 Å². The Hall–Kier alpha value is -2.59. The minimum Gasteiger partial charge on any atom is -0.283 e. The lowest BCUT2D eigenvalue weighted by Crippen LogP contribution is -2.19. The van der Waals surface area contributed by atoms with Crippen molar-refractivity contribution >= 4 is 23.5 Å². The van der Waals surface area contributed by atoms with Gasteiger partial charge in [-0.3, -0.25) is 9.48 Å². The number of rotatable bonds is 3. The number of nitrogens with zero attached hydrogens (tertiary/aromatic N) is 3. The summed E-state index contributed by atoms with van der Waals surface area (Å²) in [5.41, 5.74) is 2.64. The maximum absolute atomic E-state index is 12.7. The van der Waals surface area contributed by atoms with Gasteiger partial charge in [-0.15, -0.1) is 0 Å². The zero-order valence-electron chi connectivity index (χ0n) is 12.9. The second-order valence-corrected chi connectivity index (χ2v) is 5.60. The highest BCUT2D eigenvalue weighted by Gasteiger charge is 2.14. The minimum absolute atomic E-state index is 0.153. The van der Waals surface area contributed by atoms with Gasteiger partial charge in [0.25, 0.3) is 5.56 Å². The van der Waals surface area contributed by atoms with Crippen molar-refractivity contribution in [3.8, 4) is 5.69 Å². The fraction of sp³-hybridized carbons (Fsp3) is 0.111.